The van der Waals surface area contributed by atoms with Gasteiger partial charge in [0.1, 0.15) is 23.3 Å². The Bertz CT molecular complexity index is 546. The minimum absolute atomic E-state index is 0.545. The van der Waals surface area contributed by atoms with Crippen LogP contribution in [0.3, 0.4) is 0 Å². The van der Waals surface area contributed by atoms with Crippen molar-refractivity contribution in [2.24, 2.45) is 5.11 Å². The van der Waals surface area contributed by atoms with Crippen LogP contribution in [0.15, 0.2) is 17.2 Å². The van der Waals surface area contributed by atoms with E-state index in [1.54, 1.807) is 0 Å². The first-order valence-corrected chi connectivity index (χ1v) is 4.98. The van der Waals surface area contributed by atoms with E-state index in [0.29, 0.717) is 6.07 Å². The van der Waals surface area contributed by atoms with Crippen LogP contribution in [0.4, 0.5) is 8.78 Å². The highest BCUT2D eigenvalue weighted by Crippen LogP contribution is 2.25. The van der Waals surface area contributed by atoms with Gasteiger partial charge in [0, 0.05) is 10.5 Å². The van der Waals surface area contributed by atoms with Crippen molar-refractivity contribution >= 4 is 5.97 Å². The highest BCUT2D eigenvalue weighted by molar-refractivity contribution is 5.88. The molecule has 0 saturated heterocycles. The molecule has 1 aromatic rings. The Morgan fingerprint density at radius 2 is 2.05 bits per heavy atom. The molecule has 0 fully saturated rings. The molecule has 0 amide bonds. The fourth-order valence-electron chi connectivity index (χ4n) is 1.42. The monoisotopic (exact) mass is 273 g/mol. The van der Waals surface area contributed by atoms with Crippen molar-refractivity contribution in [2.45, 2.75) is 12.2 Å². The molecule has 19 heavy (non-hydrogen) atoms. The molecule has 0 aliphatic rings. The zero-order chi connectivity index (χ0) is 14.6. The highest BCUT2D eigenvalue weighted by atomic mass is 19.1. The van der Waals surface area contributed by atoms with Crippen molar-refractivity contribution in [3.63, 3.8) is 0 Å². The van der Waals surface area contributed by atoms with Crippen LogP contribution in [0.2, 0.25) is 0 Å². The molecule has 1 aromatic carbocycles. The van der Waals surface area contributed by atoms with Gasteiger partial charge >= 0.3 is 5.97 Å². The number of halogens is 2. The van der Waals surface area contributed by atoms with E-state index in [1.165, 1.54) is 0 Å². The predicted octanol–water partition coefficient (Wildman–Crippen LogP) is 1.37. The van der Waals surface area contributed by atoms with Gasteiger partial charge in [0.05, 0.1) is 12.6 Å². The molecule has 2 atom stereocenters. The Morgan fingerprint density at radius 3 is 2.58 bits per heavy atom. The van der Waals surface area contributed by atoms with Crippen LogP contribution in [0.5, 0.6) is 0 Å². The molecule has 0 saturated carbocycles. The van der Waals surface area contributed by atoms with Crippen LogP contribution < -0.4 is 0 Å². The molecule has 0 aliphatic carbocycles. The molecule has 0 aromatic heterocycles. The van der Waals surface area contributed by atoms with Gasteiger partial charge in [0.25, 0.3) is 0 Å². The van der Waals surface area contributed by atoms with Gasteiger partial charge in [-0.1, -0.05) is 11.2 Å². The van der Waals surface area contributed by atoms with Crippen LogP contribution >= 0.6 is 0 Å². The van der Waals surface area contributed by atoms with E-state index in [2.05, 4.69) is 10.0 Å². The van der Waals surface area contributed by atoms with Gasteiger partial charge in [0.15, 0.2) is 0 Å². The second-order valence-corrected chi connectivity index (χ2v) is 3.56. The van der Waals surface area contributed by atoms with E-state index in [9.17, 15) is 23.8 Å². The number of aromatic carboxylic acids is 1. The molecular weight excluding hydrogens is 264 g/mol. The predicted molar refractivity (Wildman–Crippen MR) is 58.3 cm³/mol. The number of carboxylic acid groups (broad SMARTS) is 1. The van der Waals surface area contributed by atoms with Gasteiger partial charge in [-0.3, -0.25) is 0 Å². The quantitative estimate of drug-likeness (QED) is 0.425. The van der Waals surface area contributed by atoms with Gasteiger partial charge in [-0.25, -0.2) is 13.6 Å². The van der Waals surface area contributed by atoms with Gasteiger partial charge < -0.3 is 15.3 Å². The Labute approximate surface area is 105 Å². The van der Waals surface area contributed by atoms with Crippen molar-refractivity contribution in [3.8, 4) is 0 Å². The summed E-state index contributed by atoms with van der Waals surface area (Å²) < 4.78 is 26.8. The molecule has 102 valence electrons. The van der Waals surface area contributed by atoms with E-state index in [-0.39, 0.29) is 0 Å². The maximum atomic E-state index is 13.7. The summed E-state index contributed by atoms with van der Waals surface area (Å²) in [6.45, 7) is -0.545. The number of hydrogen-bond donors (Lipinski definition) is 3. The van der Waals surface area contributed by atoms with Crippen molar-refractivity contribution in [2.75, 3.05) is 6.54 Å². The second-order valence-electron chi connectivity index (χ2n) is 3.56. The molecule has 0 aliphatic heterocycles. The van der Waals surface area contributed by atoms with E-state index in [1.807, 2.05) is 0 Å². The SMILES string of the molecule is [N-]=[N+]=NCC(O)C(O)c1ccc(F)c(C(=O)O)c1F. The minimum Gasteiger partial charge on any atom is -0.477 e. The largest absolute Gasteiger partial charge is 0.477 e. The zero-order valence-electron chi connectivity index (χ0n) is 9.36. The third kappa shape index (κ3) is 3.16. The number of rotatable bonds is 5. The number of benzene rings is 1. The number of aliphatic hydroxyl groups excluding tert-OH is 2. The minimum atomic E-state index is -1.84. The molecule has 0 spiro atoms. The Balaban J connectivity index is 3.17. The number of aliphatic hydroxyl groups is 2. The molecule has 2 unspecified atom stereocenters. The number of carboxylic acids is 1. The Morgan fingerprint density at radius 1 is 1.42 bits per heavy atom. The molecular formula is C10H9F2N3O4. The molecule has 3 N–H and O–H groups in total. The molecule has 9 heteroatoms. The lowest BCUT2D eigenvalue weighted by Crippen LogP contribution is -2.23. The molecule has 0 radical (unpaired) electrons. The summed E-state index contributed by atoms with van der Waals surface area (Å²) in [6.07, 6.45) is -3.48. The first-order valence-electron chi connectivity index (χ1n) is 4.98. The Hall–Kier alpha value is -2.22. The van der Waals surface area contributed by atoms with Gasteiger partial charge in [-0.05, 0) is 11.6 Å². The van der Waals surface area contributed by atoms with Gasteiger partial charge in [-0.15, -0.1) is 0 Å². The summed E-state index contributed by atoms with van der Waals surface area (Å²) in [5, 5.41) is 30.6. The summed E-state index contributed by atoms with van der Waals surface area (Å²) in [6, 6.07) is 1.46. The lowest BCUT2D eigenvalue weighted by molar-refractivity contribution is 0.0220. The third-order valence-corrected chi connectivity index (χ3v) is 2.35. The number of azide groups is 1. The van der Waals surface area contributed by atoms with E-state index in [0.717, 1.165) is 6.07 Å². The Kier molecular flexibility index (Phi) is 4.76. The average molecular weight is 273 g/mol. The summed E-state index contributed by atoms with van der Waals surface area (Å²) >= 11 is 0. The topological polar surface area (TPSA) is 127 Å². The van der Waals surface area contributed by atoms with E-state index in [4.69, 9.17) is 10.6 Å². The van der Waals surface area contributed by atoms with Crippen LogP contribution in [0, 0.1) is 11.6 Å². The van der Waals surface area contributed by atoms with E-state index < -0.39 is 47.5 Å². The summed E-state index contributed by atoms with van der Waals surface area (Å²) in [5.74, 6) is -4.63. The summed E-state index contributed by atoms with van der Waals surface area (Å²) in [4.78, 5) is 13.0. The second kappa shape index (κ2) is 6.10. The van der Waals surface area contributed by atoms with Crippen LogP contribution in [-0.4, -0.2) is 33.9 Å². The maximum Gasteiger partial charge on any atom is 0.341 e. The van der Waals surface area contributed by atoms with Crippen molar-refractivity contribution in [1.82, 2.24) is 0 Å². The lowest BCUT2D eigenvalue weighted by atomic mass is 10.0. The number of hydrogen-bond acceptors (Lipinski definition) is 4. The molecule has 0 heterocycles. The average Bonchev–Trinajstić information content (AvgIpc) is 2.34. The number of carbonyl (C=O) groups is 1. The van der Waals surface area contributed by atoms with Gasteiger partial charge in [-0.2, -0.15) is 0 Å². The van der Waals surface area contributed by atoms with E-state index >= 15 is 0 Å². The third-order valence-electron chi connectivity index (χ3n) is 2.35. The zero-order valence-corrected chi connectivity index (χ0v) is 9.36. The lowest BCUT2D eigenvalue weighted by Gasteiger charge is -2.17. The van der Waals surface area contributed by atoms with Crippen molar-refractivity contribution in [1.29, 1.82) is 0 Å². The molecule has 7 nitrogen and oxygen atoms in total. The molecule has 1 rings (SSSR count). The normalized spacial score (nSPS) is 13.5. The fraction of sp³-hybridized carbons (Fsp3) is 0.300. The maximum absolute atomic E-state index is 13.7. The van der Waals surface area contributed by atoms with Crippen molar-refractivity contribution < 1.29 is 28.9 Å². The number of nitrogens with zero attached hydrogens (tertiary/aromatic N) is 3. The van der Waals surface area contributed by atoms with Crippen molar-refractivity contribution in [3.05, 3.63) is 45.3 Å². The molecule has 0 bridgehead atoms. The highest BCUT2D eigenvalue weighted by Gasteiger charge is 2.26. The first kappa shape index (κ1) is 14.8. The summed E-state index contributed by atoms with van der Waals surface area (Å²) in [5.41, 5.74) is 6.21. The fourth-order valence-corrected chi connectivity index (χ4v) is 1.42. The van der Waals surface area contributed by atoms with Crippen LogP contribution in [-0.2, 0) is 0 Å². The smallest absolute Gasteiger partial charge is 0.341 e. The van der Waals surface area contributed by atoms with Crippen LogP contribution in [0.1, 0.15) is 22.0 Å². The summed E-state index contributed by atoms with van der Waals surface area (Å²) in [7, 11) is 0. The first-order chi connectivity index (χ1) is 8.90. The standard InChI is InChI=1S/C10H9F2N3O4/c11-5-2-1-4(8(12)7(5)10(18)19)9(17)6(16)3-14-15-13/h1-2,6,9,16-17H,3H2,(H,18,19). The van der Waals surface area contributed by atoms with Gasteiger partial charge in [0.2, 0.25) is 0 Å². The van der Waals surface area contributed by atoms with Crippen LogP contribution in [0.25, 0.3) is 10.4 Å².